The third-order valence-electron chi connectivity index (χ3n) is 4.97. The van der Waals surface area contributed by atoms with Crippen LogP contribution >= 0.6 is 0 Å². The van der Waals surface area contributed by atoms with Gasteiger partial charge >= 0.3 is 13.3 Å². The molecule has 0 bridgehead atoms. The van der Waals surface area contributed by atoms with E-state index in [0.29, 0.717) is 13.0 Å². The van der Waals surface area contributed by atoms with Crippen LogP contribution in [0.1, 0.15) is 103 Å². The Balaban J connectivity index is 3.31. The van der Waals surface area contributed by atoms with Gasteiger partial charge in [0.25, 0.3) is 0 Å². The highest BCUT2D eigenvalue weighted by molar-refractivity contribution is 6.32. The fourth-order valence-electron chi connectivity index (χ4n) is 3.24. The molecule has 4 N–H and O–H groups in total. The standard InChI is InChI=1S/C21H43BO7/c23-17-15-13-11-9-7-5-3-1-2-4-6-8-10-12-14-16-21(25)29-20(18-24)19-28-22(26)27/h20,23-24,26-27H,1-19H2. The van der Waals surface area contributed by atoms with Gasteiger partial charge < -0.3 is 29.7 Å². The molecule has 1 atom stereocenters. The van der Waals surface area contributed by atoms with E-state index < -0.39 is 26.0 Å². The molecule has 0 aromatic rings. The summed E-state index contributed by atoms with van der Waals surface area (Å²) in [5.74, 6) is -0.395. The Kier molecular flexibility index (Phi) is 21.5. The summed E-state index contributed by atoms with van der Waals surface area (Å²) in [4.78, 5) is 11.7. The lowest BCUT2D eigenvalue weighted by Crippen LogP contribution is -2.31. The number of unbranched alkanes of at least 4 members (excludes halogenated alkanes) is 14. The van der Waals surface area contributed by atoms with E-state index in [1.54, 1.807) is 0 Å². The zero-order chi connectivity index (χ0) is 21.6. The fourth-order valence-corrected chi connectivity index (χ4v) is 3.24. The SMILES string of the molecule is O=C(CCCCCCCCCCCCCCCCCO)OC(CO)COB(O)O. The van der Waals surface area contributed by atoms with E-state index in [1.807, 2.05) is 0 Å². The maximum Gasteiger partial charge on any atom is 0.634 e. The minimum Gasteiger partial charge on any atom is -0.458 e. The molecule has 0 aromatic carbocycles. The van der Waals surface area contributed by atoms with Crippen LogP contribution in [0.15, 0.2) is 0 Å². The van der Waals surface area contributed by atoms with E-state index in [4.69, 9.17) is 25.0 Å². The molecule has 0 saturated heterocycles. The highest BCUT2D eigenvalue weighted by atomic mass is 16.6. The van der Waals surface area contributed by atoms with Crippen LogP contribution in [0.5, 0.6) is 0 Å². The van der Waals surface area contributed by atoms with Crippen LogP contribution in [0.4, 0.5) is 0 Å². The second kappa shape index (κ2) is 22.0. The molecular weight excluding hydrogens is 375 g/mol. The molecule has 0 amide bonds. The van der Waals surface area contributed by atoms with Crippen molar-refractivity contribution in [3.05, 3.63) is 0 Å². The molecular formula is C21H43BO7. The first-order valence-corrected chi connectivity index (χ1v) is 11.5. The van der Waals surface area contributed by atoms with E-state index in [2.05, 4.69) is 4.65 Å². The van der Waals surface area contributed by atoms with Gasteiger partial charge in [-0.05, 0) is 12.8 Å². The van der Waals surface area contributed by atoms with Gasteiger partial charge in [0.2, 0.25) is 0 Å². The zero-order valence-corrected chi connectivity index (χ0v) is 18.1. The van der Waals surface area contributed by atoms with E-state index in [-0.39, 0.29) is 6.61 Å². The second-order valence-electron chi connectivity index (χ2n) is 7.73. The number of carbonyl (C=O) groups excluding carboxylic acids is 1. The average molecular weight is 418 g/mol. The van der Waals surface area contributed by atoms with Crippen LogP contribution in [0.3, 0.4) is 0 Å². The molecule has 172 valence electrons. The van der Waals surface area contributed by atoms with Crippen molar-refractivity contribution >= 4 is 13.3 Å². The van der Waals surface area contributed by atoms with E-state index in [9.17, 15) is 4.79 Å². The number of aliphatic hydroxyl groups is 2. The fraction of sp³-hybridized carbons (Fsp3) is 0.952. The number of hydrogen-bond acceptors (Lipinski definition) is 7. The monoisotopic (exact) mass is 418 g/mol. The van der Waals surface area contributed by atoms with E-state index in [1.165, 1.54) is 64.2 Å². The highest BCUT2D eigenvalue weighted by Gasteiger charge is 2.17. The molecule has 0 spiro atoms. The molecule has 0 heterocycles. The zero-order valence-electron chi connectivity index (χ0n) is 18.1. The number of hydrogen-bond donors (Lipinski definition) is 4. The maximum atomic E-state index is 11.7. The first-order chi connectivity index (χ1) is 14.1. The van der Waals surface area contributed by atoms with Crippen LogP contribution in [0, 0.1) is 0 Å². The Labute approximate surface area is 177 Å². The molecule has 0 aliphatic rings. The quantitative estimate of drug-likeness (QED) is 0.121. The van der Waals surface area contributed by atoms with E-state index >= 15 is 0 Å². The summed E-state index contributed by atoms with van der Waals surface area (Å²) in [7, 11) is -1.93. The molecule has 0 saturated carbocycles. The van der Waals surface area contributed by atoms with Crippen molar-refractivity contribution in [1.82, 2.24) is 0 Å². The van der Waals surface area contributed by atoms with Gasteiger partial charge in [-0.3, -0.25) is 4.79 Å². The summed E-state index contributed by atoms with van der Waals surface area (Å²) >= 11 is 0. The predicted octanol–water partition coefficient (Wildman–Crippen LogP) is 3.11. The normalized spacial score (nSPS) is 12.1. The van der Waals surface area contributed by atoms with Crippen molar-refractivity contribution in [3.8, 4) is 0 Å². The molecule has 8 heteroatoms. The summed E-state index contributed by atoms with van der Waals surface area (Å²) in [6, 6.07) is 0. The first-order valence-electron chi connectivity index (χ1n) is 11.5. The van der Waals surface area contributed by atoms with Crippen molar-refractivity contribution in [2.24, 2.45) is 0 Å². The van der Waals surface area contributed by atoms with Crippen LogP contribution < -0.4 is 0 Å². The minimum absolute atomic E-state index is 0.246. The third kappa shape index (κ3) is 21.9. The Bertz CT molecular complexity index is 356. The summed E-state index contributed by atoms with van der Waals surface area (Å²) in [5, 5.41) is 35.0. The van der Waals surface area contributed by atoms with Gasteiger partial charge in [0, 0.05) is 13.0 Å². The second-order valence-corrected chi connectivity index (χ2v) is 7.73. The average Bonchev–Trinajstić information content (AvgIpc) is 2.70. The molecule has 0 fully saturated rings. The third-order valence-corrected chi connectivity index (χ3v) is 4.97. The number of rotatable bonds is 22. The molecule has 1 unspecified atom stereocenters. The lowest BCUT2D eigenvalue weighted by atomic mass is 10.0. The largest absolute Gasteiger partial charge is 0.634 e. The van der Waals surface area contributed by atoms with Crippen LogP contribution in [-0.2, 0) is 14.2 Å². The Morgan fingerprint density at radius 1 is 0.690 bits per heavy atom. The lowest BCUT2D eigenvalue weighted by molar-refractivity contribution is -0.153. The van der Waals surface area contributed by atoms with Crippen molar-refractivity contribution in [2.45, 2.75) is 109 Å². The van der Waals surface area contributed by atoms with Gasteiger partial charge in [-0.2, -0.15) is 0 Å². The Morgan fingerprint density at radius 3 is 1.48 bits per heavy atom. The smallest absolute Gasteiger partial charge is 0.458 e. The number of ether oxygens (including phenoxy) is 1. The van der Waals surface area contributed by atoms with E-state index in [0.717, 1.165) is 32.1 Å². The molecule has 0 aliphatic carbocycles. The highest BCUT2D eigenvalue weighted by Crippen LogP contribution is 2.14. The Morgan fingerprint density at radius 2 is 1.10 bits per heavy atom. The van der Waals surface area contributed by atoms with Crippen LogP contribution in [-0.4, -0.2) is 59.5 Å². The summed E-state index contributed by atoms with van der Waals surface area (Å²) in [6.45, 7) is -0.334. The lowest BCUT2D eigenvalue weighted by Gasteiger charge is -2.15. The summed E-state index contributed by atoms with van der Waals surface area (Å²) in [5.41, 5.74) is 0. The van der Waals surface area contributed by atoms with Gasteiger partial charge in [0.1, 0.15) is 6.10 Å². The van der Waals surface area contributed by atoms with Crippen molar-refractivity contribution in [3.63, 3.8) is 0 Å². The van der Waals surface area contributed by atoms with Crippen LogP contribution in [0.25, 0.3) is 0 Å². The predicted molar refractivity (Wildman–Crippen MR) is 114 cm³/mol. The van der Waals surface area contributed by atoms with Gasteiger partial charge in [0.15, 0.2) is 0 Å². The van der Waals surface area contributed by atoms with Crippen molar-refractivity contribution in [2.75, 3.05) is 19.8 Å². The maximum absolute atomic E-state index is 11.7. The van der Waals surface area contributed by atoms with Crippen molar-refractivity contribution < 1.29 is 34.4 Å². The first kappa shape index (κ1) is 28.3. The topological polar surface area (TPSA) is 116 Å². The Hall–Kier alpha value is -0.665. The summed E-state index contributed by atoms with van der Waals surface area (Å²) in [6.07, 6.45) is 17.3. The minimum atomic E-state index is -1.93. The molecule has 29 heavy (non-hydrogen) atoms. The van der Waals surface area contributed by atoms with Gasteiger partial charge in [0.05, 0.1) is 13.2 Å². The number of aliphatic hydroxyl groups excluding tert-OH is 2. The molecule has 0 aromatic heterocycles. The molecule has 0 rings (SSSR count). The van der Waals surface area contributed by atoms with Crippen LogP contribution in [0.2, 0.25) is 0 Å². The molecule has 7 nitrogen and oxygen atoms in total. The van der Waals surface area contributed by atoms with Gasteiger partial charge in [-0.15, -0.1) is 0 Å². The molecule has 0 aliphatic heterocycles. The number of esters is 1. The van der Waals surface area contributed by atoms with Gasteiger partial charge in [-0.1, -0.05) is 83.5 Å². The molecule has 0 radical (unpaired) electrons. The summed E-state index contributed by atoms with van der Waals surface area (Å²) < 4.78 is 9.53. The van der Waals surface area contributed by atoms with Crippen molar-refractivity contribution in [1.29, 1.82) is 0 Å². The van der Waals surface area contributed by atoms with Gasteiger partial charge in [-0.25, -0.2) is 0 Å². The number of carbonyl (C=O) groups is 1.